The second kappa shape index (κ2) is 4.82. The molecule has 104 valence electrons. The first-order valence-electron chi connectivity index (χ1n) is 5.95. The van der Waals surface area contributed by atoms with E-state index in [9.17, 15) is 13.2 Å². The van der Waals surface area contributed by atoms with Crippen LogP contribution in [-0.2, 0) is 10.0 Å². The number of nitrogens with two attached hydrogens (primary N) is 1. The van der Waals surface area contributed by atoms with E-state index in [0.717, 1.165) is 6.42 Å². The van der Waals surface area contributed by atoms with E-state index >= 15 is 0 Å². The summed E-state index contributed by atoms with van der Waals surface area (Å²) in [5.41, 5.74) is 5.63. The molecule has 0 bridgehead atoms. The SMILES string of the molecule is CC1CCN(S(=O)(=O)c2ccc(C(=O)O)cc2N)C1. The summed E-state index contributed by atoms with van der Waals surface area (Å²) < 4.78 is 26.2. The Kier molecular flexibility index (Phi) is 3.51. The van der Waals surface area contributed by atoms with Crippen molar-refractivity contribution in [1.29, 1.82) is 0 Å². The van der Waals surface area contributed by atoms with E-state index in [4.69, 9.17) is 10.8 Å². The molecule has 1 fully saturated rings. The number of carbonyl (C=O) groups is 1. The van der Waals surface area contributed by atoms with Crippen molar-refractivity contribution in [3.05, 3.63) is 23.8 Å². The molecule has 1 aromatic carbocycles. The number of aromatic carboxylic acids is 1. The molecule has 1 atom stereocenters. The summed E-state index contributed by atoms with van der Waals surface area (Å²) in [5, 5.41) is 8.83. The molecule has 0 aliphatic carbocycles. The van der Waals surface area contributed by atoms with E-state index in [1.54, 1.807) is 0 Å². The third kappa shape index (κ3) is 2.57. The van der Waals surface area contributed by atoms with E-state index in [1.807, 2.05) is 6.92 Å². The molecule has 1 aliphatic rings. The Morgan fingerprint density at radius 2 is 2.16 bits per heavy atom. The zero-order valence-electron chi connectivity index (χ0n) is 10.5. The normalized spacial score (nSPS) is 20.6. The summed E-state index contributed by atoms with van der Waals surface area (Å²) in [7, 11) is -3.63. The van der Waals surface area contributed by atoms with E-state index < -0.39 is 16.0 Å². The van der Waals surface area contributed by atoms with Crippen molar-refractivity contribution in [2.24, 2.45) is 5.92 Å². The number of nitrogen functional groups attached to an aromatic ring is 1. The van der Waals surface area contributed by atoms with E-state index in [1.165, 1.54) is 22.5 Å². The molecule has 3 N–H and O–H groups in total. The second-order valence-corrected chi connectivity index (χ2v) is 6.72. The Morgan fingerprint density at radius 3 is 2.63 bits per heavy atom. The molecule has 1 aliphatic heterocycles. The molecule has 19 heavy (non-hydrogen) atoms. The quantitative estimate of drug-likeness (QED) is 0.806. The maximum atomic E-state index is 12.4. The van der Waals surface area contributed by atoms with Crippen LogP contribution in [0.3, 0.4) is 0 Å². The fraction of sp³-hybridized carbons (Fsp3) is 0.417. The predicted molar refractivity (Wildman–Crippen MR) is 70.4 cm³/mol. The number of hydrogen-bond donors (Lipinski definition) is 2. The molecule has 7 heteroatoms. The van der Waals surface area contributed by atoms with Crippen LogP contribution in [-0.4, -0.2) is 36.9 Å². The highest BCUT2D eigenvalue weighted by atomic mass is 32.2. The van der Waals surface area contributed by atoms with Gasteiger partial charge in [-0.05, 0) is 30.5 Å². The molecular formula is C12H16N2O4S. The van der Waals surface area contributed by atoms with Crippen molar-refractivity contribution in [3.8, 4) is 0 Å². The van der Waals surface area contributed by atoms with Gasteiger partial charge in [-0.25, -0.2) is 13.2 Å². The lowest BCUT2D eigenvalue weighted by molar-refractivity contribution is 0.0697. The lowest BCUT2D eigenvalue weighted by Gasteiger charge is -2.17. The first kappa shape index (κ1) is 13.8. The van der Waals surface area contributed by atoms with Crippen molar-refractivity contribution >= 4 is 21.7 Å². The van der Waals surface area contributed by atoms with Gasteiger partial charge < -0.3 is 10.8 Å². The van der Waals surface area contributed by atoms with Crippen LogP contribution in [0, 0.1) is 5.92 Å². The molecule has 0 saturated carbocycles. The summed E-state index contributed by atoms with van der Waals surface area (Å²) in [6.45, 7) is 2.94. The molecule has 1 heterocycles. The fourth-order valence-corrected chi connectivity index (χ4v) is 3.84. The standard InChI is InChI=1S/C12H16N2O4S/c1-8-4-5-14(7-8)19(17,18)11-3-2-9(12(15)16)6-10(11)13/h2-3,6,8H,4-5,7,13H2,1H3,(H,15,16). The van der Waals surface area contributed by atoms with Gasteiger partial charge in [0.2, 0.25) is 10.0 Å². The minimum absolute atomic E-state index is 0.0217. The van der Waals surface area contributed by atoms with Crippen molar-refractivity contribution < 1.29 is 18.3 Å². The van der Waals surface area contributed by atoms with Crippen LogP contribution in [0.1, 0.15) is 23.7 Å². The average Bonchev–Trinajstić information content (AvgIpc) is 2.76. The number of carboxylic acids is 1. The summed E-state index contributed by atoms with van der Waals surface area (Å²) >= 11 is 0. The maximum absolute atomic E-state index is 12.4. The highest BCUT2D eigenvalue weighted by Gasteiger charge is 2.32. The molecule has 0 aromatic heterocycles. The van der Waals surface area contributed by atoms with Gasteiger partial charge in [-0.15, -0.1) is 0 Å². The highest BCUT2D eigenvalue weighted by Crippen LogP contribution is 2.27. The van der Waals surface area contributed by atoms with Crippen molar-refractivity contribution in [1.82, 2.24) is 4.31 Å². The molecule has 0 spiro atoms. The largest absolute Gasteiger partial charge is 0.478 e. The lowest BCUT2D eigenvalue weighted by atomic mass is 10.2. The van der Waals surface area contributed by atoms with E-state index in [-0.39, 0.29) is 16.1 Å². The molecule has 0 radical (unpaired) electrons. The highest BCUT2D eigenvalue weighted by molar-refractivity contribution is 7.89. The molecular weight excluding hydrogens is 268 g/mol. The third-order valence-electron chi connectivity index (χ3n) is 3.26. The number of benzene rings is 1. The maximum Gasteiger partial charge on any atom is 0.335 e. The average molecular weight is 284 g/mol. The van der Waals surface area contributed by atoms with Gasteiger partial charge in [-0.2, -0.15) is 4.31 Å². The molecule has 1 aromatic rings. The summed E-state index contributed by atoms with van der Waals surface area (Å²) in [6, 6.07) is 3.69. The van der Waals surface area contributed by atoms with E-state index in [0.29, 0.717) is 19.0 Å². The van der Waals surface area contributed by atoms with Gasteiger partial charge >= 0.3 is 5.97 Å². The number of hydrogen-bond acceptors (Lipinski definition) is 4. The first-order valence-corrected chi connectivity index (χ1v) is 7.39. The smallest absolute Gasteiger partial charge is 0.335 e. The Balaban J connectivity index is 2.38. The van der Waals surface area contributed by atoms with Gasteiger partial charge in [0.1, 0.15) is 4.90 Å². The van der Waals surface area contributed by atoms with Crippen LogP contribution in [0.15, 0.2) is 23.1 Å². The van der Waals surface area contributed by atoms with Crippen LogP contribution < -0.4 is 5.73 Å². The predicted octanol–water partition coefficient (Wildman–Crippen LogP) is 0.998. The van der Waals surface area contributed by atoms with Gasteiger partial charge in [0.15, 0.2) is 0 Å². The number of sulfonamides is 1. The monoisotopic (exact) mass is 284 g/mol. The Morgan fingerprint density at radius 1 is 1.47 bits per heavy atom. The molecule has 1 saturated heterocycles. The summed E-state index contributed by atoms with van der Waals surface area (Å²) in [5.74, 6) is -0.806. The topological polar surface area (TPSA) is 101 Å². The van der Waals surface area contributed by atoms with Crippen LogP contribution in [0.2, 0.25) is 0 Å². The van der Waals surface area contributed by atoms with Crippen LogP contribution in [0.4, 0.5) is 5.69 Å². The Labute approximate surface area is 111 Å². The van der Waals surface area contributed by atoms with Crippen molar-refractivity contribution in [2.45, 2.75) is 18.2 Å². The van der Waals surface area contributed by atoms with Crippen LogP contribution in [0.25, 0.3) is 0 Å². The van der Waals surface area contributed by atoms with Gasteiger partial charge in [0.25, 0.3) is 0 Å². The molecule has 0 amide bonds. The lowest BCUT2D eigenvalue weighted by Crippen LogP contribution is -2.29. The first-order chi connectivity index (χ1) is 8.82. The summed E-state index contributed by atoms with van der Waals surface area (Å²) in [4.78, 5) is 10.8. The number of nitrogens with zero attached hydrogens (tertiary/aromatic N) is 1. The fourth-order valence-electron chi connectivity index (χ4n) is 2.17. The molecule has 6 nitrogen and oxygen atoms in total. The van der Waals surface area contributed by atoms with Crippen molar-refractivity contribution in [2.75, 3.05) is 18.8 Å². The number of carboxylic acid groups (broad SMARTS) is 1. The van der Waals surface area contributed by atoms with E-state index in [2.05, 4.69) is 0 Å². The van der Waals surface area contributed by atoms with Gasteiger partial charge in [0, 0.05) is 13.1 Å². The van der Waals surface area contributed by atoms with Crippen molar-refractivity contribution in [3.63, 3.8) is 0 Å². The summed E-state index contributed by atoms with van der Waals surface area (Å²) in [6.07, 6.45) is 0.826. The van der Waals surface area contributed by atoms with Gasteiger partial charge in [0.05, 0.1) is 11.3 Å². The van der Waals surface area contributed by atoms with Gasteiger partial charge in [-0.1, -0.05) is 6.92 Å². The van der Waals surface area contributed by atoms with Crippen LogP contribution >= 0.6 is 0 Å². The second-order valence-electron chi connectivity index (χ2n) is 4.81. The number of anilines is 1. The molecule has 1 unspecified atom stereocenters. The minimum Gasteiger partial charge on any atom is -0.478 e. The zero-order chi connectivity index (χ0) is 14.2. The third-order valence-corrected chi connectivity index (χ3v) is 5.20. The Bertz CT molecular complexity index is 612. The molecule has 2 rings (SSSR count). The number of rotatable bonds is 3. The van der Waals surface area contributed by atoms with Gasteiger partial charge in [-0.3, -0.25) is 0 Å². The Hall–Kier alpha value is -1.60. The minimum atomic E-state index is -3.63. The zero-order valence-corrected chi connectivity index (χ0v) is 11.4. The van der Waals surface area contributed by atoms with Crippen LogP contribution in [0.5, 0.6) is 0 Å².